The molecule has 0 unspecified atom stereocenters. The highest BCUT2D eigenvalue weighted by atomic mass is 79.9. The second-order valence-electron chi connectivity index (χ2n) is 6.45. The molecule has 3 rings (SSSR count). The lowest BCUT2D eigenvalue weighted by Crippen LogP contribution is -2.20. The van der Waals surface area contributed by atoms with Crippen molar-refractivity contribution in [1.82, 2.24) is 0 Å². The van der Waals surface area contributed by atoms with Crippen molar-refractivity contribution in [1.29, 1.82) is 0 Å². The summed E-state index contributed by atoms with van der Waals surface area (Å²) in [7, 11) is 0. The van der Waals surface area contributed by atoms with Gasteiger partial charge in [0.1, 0.15) is 5.75 Å². The summed E-state index contributed by atoms with van der Waals surface area (Å²) in [6.45, 7) is 2.50. The van der Waals surface area contributed by atoms with E-state index in [2.05, 4.69) is 26.6 Å². The average Bonchev–Trinajstić information content (AvgIpc) is 2.68. The fraction of sp³-hybridized carbons (Fsp3) is 0.136. The molecule has 0 aliphatic heterocycles. The van der Waals surface area contributed by atoms with Crippen LogP contribution in [0.3, 0.4) is 0 Å². The molecule has 7 heteroatoms. The molecule has 1 amide bonds. The number of nitrogens with one attached hydrogen (secondary N) is 2. The smallest absolute Gasteiger partial charge is 0.262 e. The molecule has 0 aromatic heterocycles. The van der Waals surface area contributed by atoms with Gasteiger partial charge in [-0.2, -0.15) is 0 Å². The summed E-state index contributed by atoms with van der Waals surface area (Å²) < 4.78 is 6.41. The minimum atomic E-state index is -0.215. The predicted molar refractivity (Wildman–Crippen MR) is 123 cm³/mol. The van der Waals surface area contributed by atoms with Crippen LogP contribution in [0.4, 0.5) is 11.4 Å². The first-order chi connectivity index (χ1) is 13.9. The lowest BCUT2D eigenvalue weighted by atomic mass is 10.2. The molecule has 4 nitrogen and oxygen atoms in total. The average molecular weight is 494 g/mol. The van der Waals surface area contributed by atoms with Crippen molar-refractivity contribution < 1.29 is 9.53 Å². The molecule has 0 bridgehead atoms. The van der Waals surface area contributed by atoms with Crippen molar-refractivity contribution in [2.75, 3.05) is 17.2 Å². The maximum Gasteiger partial charge on any atom is 0.262 e. The van der Waals surface area contributed by atoms with Gasteiger partial charge in [-0.05, 0) is 76.4 Å². The van der Waals surface area contributed by atoms with Crippen molar-refractivity contribution in [2.45, 2.75) is 13.5 Å². The molecule has 2 N–H and O–H groups in total. The SMILES string of the molecule is Cc1cccc(NC(=O)COc2ccc(CNc3ccc(Cl)c(Cl)c3)cc2Br)c1. The Bertz CT molecular complexity index is 1030. The summed E-state index contributed by atoms with van der Waals surface area (Å²) in [4.78, 5) is 12.1. The van der Waals surface area contributed by atoms with Crippen LogP contribution < -0.4 is 15.4 Å². The van der Waals surface area contributed by atoms with E-state index in [1.165, 1.54) is 0 Å². The number of carbonyl (C=O) groups excluding carboxylic acids is 1. The van der Waals surface area contributed by atoms with Gasteiger partial charge < -0.3 is 15.4 Å². The molecule has 0 aliphatic carbocycles. The predicted octanol–water partition coefficient (Wildman–Crippen LogP) is 6.69. The fourth-order valence-corrected chi connectivity index (χ4v) is 3.48. The second-order valence-corrected chi connectivity index (χ2v) is 8.12. The van der Waals surface area contributed by atoms with Crippen molar-refractivity contribution in [3.63, 3.8) is 0 Å². The summed E-state index contributed by atoms with van der Waals surface area (Å²) in [5, 5.41) is 7.14. The van der Waals surface area contributed by atoms with Gasteiger partial charge in [-0.25, -0.2) is 0 Å². The summed E-state index contributed by atoms with van der Waals surface area (Å²) in [5.41, 5.74) is 3.75. The number of carbonyl (C=O) groups is 1. The Kier molecular flexibility index (Phi) is 7.42. The molecule has 0 spiro atoms. The van der Waals surface area contributed by atoms with Crippen molar-refractivity contribution in [3.8, 4) is 5.75 Å². The summed E-state index contributed by atoms with van der Waals surface area (Å²) in [6, 6.07) is 18.7. The number of anilines is 2. The number of hydrogen-bond acceptors (Lipinski definition) is 3. The topological polar surface area (TPSA) is 50.4 Å². The standard InChI is InChI=1S/C22H19BrCl2N2O2/c1-14-3-2-4-17(9-14)27-22(28)13-29-21-8-5-15(10-18(21)23)12-26-16-6-7-19(24)20(25)11-16/h2-11,26H,12-13H2,1H3,(H,27,28). The quantitative estimate of drug-likeness (QED) is 0.385. The Hall–Kier alpha value is -2.21. The van der Waals surface area contributed by atoms with Gasteiger partial charge in [-0.15, -0.1) is 0 Å². The zero-order chi connectivity index (χ0) is 20.8. The monoisotopic (exact) mass is 492 g/mol. The number of benzene rings is 3. The zero-order valence-electron chi connectivity index (χ0n) is 15.6. The van der Waals surface area contributed by atoms with E-state index in [0.717, 1.165) is 27.0 Å². The molecule has 0 heterocycles. The molecule has 0 saturated heterocycles. The number of ether oxygens (including phenoxy) is 1. The normalized spacial score (nSPS) is 10.5. The third kappa shape index (κ3) is 6.39. The number of hydrogen-bond donors (Lipinski definition) is 2. The van der Waals surface area contributed by atoms with Gasteiger partial charge in [0.05, 0.1) is 14.5 Å². The van der Waals surface area contributed by atoms with E-state index in [4.69, 9.17) is 27.9 Å². The molecular formula is C22H19BrCl2N2O2. The molecule has 3 aromatic rings. The van der Waals surface area contributed by atoms with Crippen LogP contribution in [0.15, 0.2) is 65.1 Å². The first kappa shape index (κ1) is 21.5. The minimum absolute atomic E-state index is 0.0760. The Balaban J connectivity index is 1.53. The van der Waals surface area contributed by atoms with Gasteiger partial charge in [0.2, 0.25) is 0 Å². The first-order valence-corrected chi connectivity index (χ1v) is 10.4. The van der Waals surface area contributed by atoms with E-state index < -0.39 is 0 Å². The molecule has 0 fully saturated rings. The summed E-state index contributed by atoms with van der Waals surface area (Å²) in [5.74, 6) is 0.385. The van der Waals surface area contributed by atoms with Gasteiger partial charge in [0, 0.05) is 17.9 Å². The van der Waals surface area contributed by atoms with Crippen LogP contribution in [0, 0.1) is 6.92 Å². The van der Waals surface area contributed by atoms with Gasteiger partial charge in [0.15, 0.2) is 6.61 Å². The lowest BCUT2D eigenvalue weighted by Gasteiger charge is -2.12. The van der Waals surface area contributed by atoms with Gasteiger partial charge in [-0.1, -0.05) is 41.4 Å². The van der Waals surface area contributed by atoms with Crippen LogP contribution >= 0.6 is 39.1 Å². The van der Waals surface area contributed by atoms with E-state index >= 15 is 0 Å². The van der Waals surface area contributed by atoms with E-state index in [1.807, 2.05) is 55.5 Å². The second kappa shape index (κ2) is 10.0. The molecule has 150 valence electrons. The number of aryl methyl sites for hydroxylation is 1. The van der Waals surface area contributed by atoms with Crippen LogP contribution in [-0.2, 0) is 11.3 Å². The number of rotatable bonds is 7. The van der Waals surface area contributed by atoms with Crippen LogP contribution in [0.5, 0.6) is 5.75 Å². The Labute approximate surface area is 188 Å². The molecular weight excluding hydrogens is 475 g/mol. The molecule has 0 atom stereocenters. The maximum atomic E-state index is 12.1. The van der Waals surface area contributed by atoms with E-state index in [9.17, 15) is 4.79 Å². The Morgan fingerprint density at radius 2 is 1.83 bits per heavy atom. The lowest BCUT2D eigenvalue weighted by molar-refractivity contribution is -0.118. The number of halogens is 3. The molecule has 3 aromatic carbocycles. The summed E-state index contributed by atoms with van der Waals surface area (Å²) in [6.07, 6.45) is 0. The van der Waals surface area contributed by atoms with Crippen LogP contribution in [0.25, 0.3) is 0 Å². The fourth-order valence-electron chi connectivity index (χ4n) is 2.64. The summed E-state index contributed by atoms with van der Waals surface area (Å²) >= 11 is 15.5. The third-order valence-electron chi connectivity index (χ3n) is 4.07. The number of amides is 1. The first-order valence-electron chi connectivity index (χ1n) is 8.87. The van der Waals surface area contributed by atoms with Crippen molar-refractivity contribution in [2.24, 2.45) is 0 Å². The van der Waals surface area contributed by atoms with Gasteiger partial charge in [-0.3, -0.25) is 4.79 Å². The van der Waals surface area contributed by atoms with Gasteiger partial charge in [0.25, 0.3) is 5.91 Å². The van der Waals surface area contributed by atoms with Crippen molar-refractivity contribution in [3.05, 3.63) is 86.3 Å². The largest absolute Gasteiger partial charge is 0.483 e. The Morgan fingerprint density at radius 3 is 2.55 bits per heavy atom. The van der Waals surface area contributed by atoms with Crippen LogP contribution in [0.2, 0.25) is 10.0 Å². The van der Waals surface area contributed by atoms with E-state index in [0.29, 0.717) is 22.3 Å². The third-order valence-corrected chi connectivity index (χ3v) is 5.43. The van der Waals surface area contributed by atoms with E-state index in [-0.39, 0.29) is 12.5 Å². The van der Waals surface area contributed by atoms with Crippen molar-refractivity contribution >= 4 is 56.4 Å². The van der Waals surface area contributed by atoms with Crippen LogP contribution in [0.1, 0.15) is 11.1 Å². The Morgan fingerprint density at radius 1 is 1.00 bits per heavy atom. The highest BCUT2D eigenvalue weighted by Crippen LogP contribution is 2.28. The molecule has 29 heavy (non-hydrogen) atoms. The van der Waals surface area contributed by atoms with Gasteiger partial charge >= 0.3 is 0 Å². The zero-order valence-corrected chi connectivity index (χ0v) is 18.7. The highest BCUT2D eigenvalue weighted by Gasteiger charge is 2.08. The van der Waals surface area contributed by atoms with E-state index in [1.54, 1.807) is 12.1 Å². The minimum Gasteiger partial charge on any atom is -0.483 e. The molecule has 0 aliphatic rings. The van der Waals surface area contributed by atoms with Crippen LogP contribution in [-0.4, -0.2) is 12.5 Å². The molecule has 0 saturated carbocycles. The molecule has 0 radical (unpaired) electrons. The highest BCUT2D eigenvalue weighted by molar-refractivity contribution is 9.10. The maximum absolute atomic E-state index is 12.1.